The Kier molecular flexibility index (Phi) is 3.97. The van der Waals surface area contributed by atoms with Crippen molar-refractivity contribution in [3.8, 4) is 0 Å². The summed E-state index contributed by atoms with van der Waals surface area (Å²) in [5.74, 6) is 3.01. The van der Waals surface area contributed by atoms with Crippen LogP contribution in [0, 0.1) is 34.5 Å². The summed E-state index contributed by atoms with van der Waals surface area (Å²) in [5, 5.41) is 21.5. The van der Waals surface area contributed by atoms with Crippen LogP contribution >= 0.6 is 0 Å². The van der Waals surface area contributed by atoms with Gasteiger partial charge in [0.1, 0.15) is 0 Å². The summed E-state index contributed by atoms with van der Waals surface area (Å²) in [6, 6.07) is 0. The van der Waals surface area contributed by atoms with E-state index in [1.54, 1.807) is 0 Å². The van der Waals surface area contributed by atoms with Crippen molar-refractivity contribution in [1.82, 2.24) is 0 Å². The Morgan fingerprint density at radius 1 is 1.00 bits per heavy atom. The zero-order valence-corrected chi connectivity index (χ0v) is 15.6. The topological polar surface area (TPSA) is 40.5 Å². The molecule has 0 heterocycles. The molecule has 4 fully saturated rings. The quantitative estimate of drug-likeness (QED) is 0.720. The lowest BCUT2D eigenvalue weighted by Crippen LogP contribution is -2.56. The first-order valence-corrected chi connectivity index (χ1v) is 10.4. The average Bonchev–Trinajstić information content (AvgIpc) is 2.80. The number of rotatable bonds is 2. The van der Waals surface area contributed by atoms with E-state index in [1.165, 1.54) is 38.5 Å². The molecular weight excluding hydrogens is 296 g/mol. The molecule has 0 aromatic heterocycles. The molecule has 0 amide bonds. The van der Waals surface area contributed by atoms with Crippen molar-refractivity contribution in [2.75, 3.05) is 0 Å². The zero-order chi connectivity index (χ0) is 17.2. The molecule has 4 aliphatic carbocycles. The highest BCUT2D eigenvalue weighted by atomic mass is 16.3. The van der Waals surface area contributed by atoms with Gasteiger partial charge in [-0.1, -0.05) is 19.9 Å². The van der Waals surface area contributed by atoms with Crippen LogP contribution in [0.4, 0.5) is 0 Å². The molecule has 2 N–H and O–H groups in total. The van der Waals surface area contributed by atoms with Gasteiger partial charge in [0.05, 0.1) is 11.7 Å². The maximum absolute atomic E-state index is 11.4. The molecule has 4 rings (SSSR count). The summed E-state index contributed by atoms with van der Waals surface area (Å²) in [6.07, 6.45) is 13.1. The third-order valence-electron chi connectivity index (χ3n) is 9.44. The molecule has 136 valence electrons. The second-order valence-corrected chi connectivity index (χ2v) is 10.1. The highest BCUT2D eigenvalue weighted by Crippen LogP contribution is 2.68. The minimum atomic E-state index is -0.523. The van der Waals surface area contributed by atoms with Gasteiger partial charge in [0.2, 0.25) is 0 Å². The van der Waals surface area contributed by atoms with E-state index in [4.69, 9.17) is 0 Å². The van der Waals surface area contributed by atoms with Crippen LogP contribution in [0.3, 0.4) is 0 Å². The Balaban J connectivity index is 1.62. The summed E-state index contributed by atoms with van der Waals surface area (Å²) in [7, 11) is 0. The Hall–Kier alpha value is -0.340. The monoisotopic (exact) mass is 332 g/mol. The number of hydrogen-bond acceptors (Lipinski definition) is 2. The molecule has 0 spiro atoms. The van der Waals surface area contributed by atoms with Crippen molar-refractivity contribution in [3.63, 3.8) is 0 Å². The van der Waals surface area contributed by atoms with E-state index in [1.807, 2.05) is 6.08 Å². The largest absolute Gasteiger partial charge is 0.393 e. The average molecular weight is 333 g/mol. The van der Waals surface area contributed by atoms with Gasteiger partial charge in [-0.15, -0.1) is 6.58 Å². The van der Waals surface area contributed by atoms with Gasteiger partial charge in [0.15, 0.2) is 0 Å². The van der Waals surface area contributed by atoms with Gasteiger partial charge in [-0.3, -0.25) is 0 Å². The molecule has 2 nitrogen and oxygen atoms in total. The maximum Gasteiger partial charge on any atom is 0.0738 e. The fourth-order valence-electron chi connectivity index (χ4n) is 7.92. The van der Waals surface area contributed by atoms with Crippen LogP contribution < -0.4 is 0 Å². The van der Waals surface area contributed by atoms with E-state index < -0.39 is 5.60 Å². The fourth-order valence-corrected chi connectivity index (χ4v) is 7.92. The number of fused-ring (bicyclic) bond motifs is 5. The molecule has 4 aliphatic rings. The normalized spacial score (nSPS) is 56.9. The standard InChI is InChI=1S/C22H36O2/c1-4-10-22(24)13-9-19-17-6-5-15-14-16(23)7-11-20(15,2)18(17)8-12-21(19,22)3/h4,15-19,23-24H,1,5-14H2,2-3H3/t15-,16+,17+,18-,19-,20-,21-,22+/m0/s1. The van der Waals surface area contributed by atoms with Gasteiger partial charge in [0.25, 0.3) is 0 Å². The van der Waals surface area contributed by atoms with Gasteiger partial charge in [-0.05, 0) is 98.7 Å². The fraction of sp³-hybridized carbons (Fsp3) is 0.909. The van der Waals surface area contributed by atoms with E-state index in [0.29, 0.717) is 11.3 Å². The lowest BCUT2D eigenvalue weighted by molar-refractivity contribution is -0.157. The van der Waals surface area contributed by atoms with E-state index in [0.717, 1.165) is 43.4 Å². The number of aliphatic hydroxyl groups is 2. The van der Waals surface area contributed by atoms with Crippen molar-refractivity contribution < 1.29 is 10.2 Å². The molecule has 0 aromatic rings. The highest BCUT2D eigenvalue weighted by molar-refractivity contribution is 5.15. The second kappa shape index (κ2) is 5.58. The SMILES string of the molecule is C=CC[C@@]1(O)CC[C@H]2[C@@H]3CC[C@H]4C[C@H](O)CC[C@]4(C)[C@H]3CC[C@@]21C. The molecule has 0 radical (unpaired) electrons. The van der Waals surface area contributed by atoms with Crippen LogP contribution in [0.15, 0.2) is 12.7 Å². The molecule has 0 unspecified atom stereocenters. The second-order valence-electron chi connectivity index (χ2n) is 10.1. The van der Waals surface area contributed by atoms with Crippen LogP contribution in [0.2, 0.25) is 0 Å². The number of aliphatic hydroxyl groups excluding tert-OH is 1. The molecule has 0 aromatic carbocycles. The van der Waals surface area contributed by atoms with Crippen molar-refractivity contribution >= 4 is 0 Å². The lowest BCUT2D eigenvalue weighted by atomic mass is 9.44. The van der Waals surface area contributed by atoms with Crippen molar-refractivity contribution in [1.29, 1.82) is 0 Å². The van der Waals surface area contributed by atoms with Crippen LogP contribution in [-0.2, 0) is 0 Å². The van der Waals surface area contributed by atoms with E-state index in [-0.39, 0.29) is 11.5 Å². The van der Waals surface area contributed by atoms with Crippen LogP contribution in [0.25, 0.3) is 0 Å². The molecule has 24 heavy (non-hydrogen) atoms. The van der Waals surface area contributed by atoms with Crippen molar-refractivity contribution in [3.05, 3.63) is 12.7 Å². The van der Waals surface area contributed by atoms with Gasteiger partial charge in [0, 0.05) is 0 Å². The summed E-state index contributed by atoms with van der Waals surface area (Å²) >= 11 is 0. The number of hydrogen-bond donors (Lipinski definition) is 2. The summed E-state index contributed by atoms with van der Waals surface area (Å²) in [4.78, 5) is 0. The van der Waals surface area contributed by atoms with Gasteiger partial charge < -0.3 is 10.2 Å². The Morgan fingerprint density at radius 3 is 2.50 bits per heavy atom. The Labute approximate surface area is 147 Å². The first-order chi connectivity index (χ1) is 11.3. The molecule has 4 saturated carbocycles. The van der Waals surface area contributed by atoms with Crippen LogP contribution in [-0.4, -0.2) is 21.9 Å². The first-order valence-electron chi connectivity index (χ1n) is 10.4. The minimum Gasteiger partial charge on any atom is -0.393 e. The molecule has 0 aliphatic heterocycles. The minimum absolute atomic E-state index is 0.0577. The van der Waals surface area contributed by atoms with E-state index >= 15 is 0 Å². The van der Waals surface area contributed by atoms with Gasteiger partial charge in [-0.25, -0.2) is 0 Å². The summed E-state index contributed by atoms with van der Waals surface area (Å²) in [5.41, 5.74) is -0.00669. The third kappa shape index (κ3) is 2.14. The maximum atomic E-state index is 11.4. The molecule has 0 bridgehead atoms. The van der Waals surface area contributed by atoms with Gasteiger partial charge in [-0.2, -0.15) is 0 Å². The predicted octanol–water partition coefficient (Wildman–Crippen LogP) is 4.70. The van der Waals surface area contributed by atoms with Crippen molar-refractivity contribution in [2.45, 2.75) is 89.8 Å². The Bertz CT molecular complexity index is 516. The van der Waals surface area contributed by atoms with E-state index in [2.05, 4.69) is 20.4 Å². The summed E-state index contributed by atoms with van der Waals surface area (Å²) in [6.45, 7) is 8.82. The van der Waals surface area contributed by atoms with Crippen LogP contribution in [0.1, 0.15) is 78.1 Å². The molecule has 2 heteroatoms. The first kappa shape index (κ1) is 17.1. The molecule has 8 atom stereocenters. The Morgan fingerprint density at radius 2 is 1.75 bits per heavy atom. The van der Waals surface area contributed by atoms with E-state index in [9.17, 15) is 10.2 Å². The highest BCUT2D eigenvalue weighted by Gasteiger charge is 2.64. The van der Waals surface area contributed by atoms with Gasteiger partial charge >= 0.3 is 0 Å². The van der Waals surface area contributed by atoms with Crippen LogP contribution in [0.5, 0.6) is 0 Å². The zero-order valence-electron chi connectivity index (χ0n) is 15.6. The third-order valence-corrected chi connectivity index (χ3v) is 9.44. The molecular formula is C22H36O2. The summed E-state index contributed by atoms with van der Waals surface area (Å²) < 4.78 is 0. The van der Waals surface area contributed by atoms with Crippen molar-refractivity contribution in [2.24, 2.45) is 34.5 Å². The predicted molar refractivity (Wildman–Crippen MR) is 97.5 cm³/mol. The molecule has 0 saturated heterocycles. The lowest BCUT2D eigenvalue weighted by Gasteiger charge is -2.61. The smallest absolute Gasteiger partial charge is 0.0738 e.